The molecule has 1 fully saturated rings. The Morgan fingerprint density at radius 1 is 1.24 bits per heavy atom. The van der Waals surface area contributed by atoms with E-state index in [1.807, 2.05) is 0 Å². The number of piperidine rings is 1. The molecule has 0 radical (unpaired) electrons. The Morgan fingerprint density at radius 3 is 2.71 bits per heavy atom. The molecule has 1 aliphatic carbocycles. The molecule has 182 valence electrons. The van der Waals surface area contributed by atoms with Crippen LogP contribution in [-0.2, 0) is 9.53 Å². The summed E-state index contributed by atoms with van der Waals surface area (Å²) in [7, 11) is 3.09. The molecule has 1 N–H and O–H groups in total. The van der Waals surface area contributed by atoms with Crippen molar-refractivity contribution in [3.63, 3.8) is 0 Å². The second-order valence-electron chi connectivity index (χ2n) is 8.24. The van der Waals surface area contributed by atoms with Crippen molar-refractivity contribution in [2.75, 3.05) is 32.6 Å². The third-order valence-electron chi connectivity index (χ3n) is 6.08. The predicted octanol–water partition coefficient (Wildman–Crippen LogP) is 3.85. The lowest BCUT2D eigenvalue weighted by molar-refractivity contribution is -0.142. The summed E-state index contributed by atoms with van der Waals surface area (Å²) >= 11 is 6.02. The van der Waals surface area contributed by atoms with Crippen LogP contribution >= 0.6 is 11.6 Å². The smallest absolute Gasteiger partial charge is 0.251 e. The number of benzene rings is 1. The molecule has 1 aromatic carbocycles. The molecular weight excluding hydrogens is 463 g/mol. The Kier molecular flexibility index (Phi) is 7.53. The average Bonchev–Trinajstić information content (AvgIpc) is 2.86. The molecule has 10 heteroatoms. The molecule has 8 nitrogen and oxygen atoms in total. The SMILES string of the molecule is COc1cc2c(NC3=CC=CC(Cl)C3F)ncnc2cc1OC1CCN(C(=O)C(C)OC)CC1. The number of likely N-dealkylation sites (tertiary alicyclic amines) is 1. The van der Waals surface area contributed by atoms with Crippen LogP contribution in [0.3, 0.4) is 0 Å². The monoisotopic (exact) mass is 490 g/mol. The van der Waals surface area contributed by atoms with E-state index < -0.39 is 17.7 Å². The number of carbonyl (C=O) groups excluding carboxylic acids is 1. The van der Waals surface area contributed by atoms with E-state index in [9.17, 15) is 9.18 Å². The lowest BCUT2D eigenvalue weighted by atomic mass is 10.1. The van der Waals surface area contributed by atoms with Gasteiger partial charge in [0.15, 0.2) is 17.7 Å². The third-order valence-corrected chi connectivity index (χ3v) is 6.45. The van der Waals surface area contributed by atoms with Gasteiger partial charge >= 0.3 is 0 Å². The van der Waals surface area contributed by atoms with Crippen molar-refractivity contribution in [1.29, 1.82) is 0 Å². The fraction of sp³-hybridized carbons (Fsp3) is 0.458. The van der Waals surface area contributed by atoms with E-state index in [2.05, 4.69) is 15.3 Å². The van der Waals surface area contributed by atoms with Crippen molar-refractivity contribution in [2.24, 2.45) is 0 Å². The molecule has 1 aromatic heterocycles. The summed E-state index contributed by atoms with van der Waals surface area (Å²) in [6.07, 6.45) is 5.85. The summed E-state index contributed by atoms with van der Waals surface area (Å²) in [5.41, 5.74) is 0.950. The molecule has 1 aliphatic heterocycles. The Labute approximate surface area is 202 Å². The number of methoxy groups -OCH3 is 2. The topological polar surface area (TPSA) is 85.8 Å². The van der Waals surface area contributed by atoms with Gasteiger partial charge in [-0.05, 0) is 19.1 Å². The van der Waals surface area contributed by atoms with Gasteiger partial charge in [0.1, 0.15) is 24.4 Å². The van der Waals surface area contributed by atoms with Crippen molar-refractivity contribution < 1.29 is 23.4 Å². The second kappa shape index (κ2) is 10.6. The predicted molar refractivity (Wildman–Crippen MR) is 128 cm³/mol. The van der Waals surface area contributed by atoms with E-state index in [1.54, 1.807) is 49.3 Å². The van der Waals surface area contributed by atoms with Crippen molar-refractivity contribution >= 4 is 34.2 Å². The van der Waals surface area contributed by atoms with Crippen LogP contribution in [0.2, 0.25) is 0 Å². The maximum atomic E-state index is 14.5. The summed E-state index contributed by atoms with van der Waals surface area (Å²) in [4.78, 5) is 22.8. The van der Waals surface area contributed by atoms with Crippen LogP contribution in [0.4, 0.5) is 10.2 Å². The molecular formula is C24H28ClFN4O4. The van der Waals surface area contributed by atoms with Gasteiger partial charge in [0.05, 0.1) is 23.7 Å². The van der Waals surface area contributed by atoms with Gasteiger partial charge in [-0.25, -0.2) is 14.4 Å². The van der Waals surface area contributed by atoms with Gasteiger partial charge in [0.25, 0.3) is 5.91 Å². The minimum Gasteiger partial charge on any atom is -0.493 e. The number of allylic oxidation sites excluding steroid dienone is 4. The molecule has 4 rings (SSSR count). The summed E-state index contributed by atoms with van der Waals surface area (Å²) in [6, 6.07) is 3.56. The molecule has 0 spiro atoms. The minimum atomic E-state index is -1.37. The van der Waals surface area contributed by atoms with Gasteiger partial charge < -0.3 is 24.4 Å². The highest BCUT2D eigenvalue weighted by atomic mass is 35.5. The van der Waals surface area contributed by atoms with E-state index >= 15 is 0 Å². The normalized spacial score (nSPS) is 21.8. The van der Waals surface area contributed by atoms with Crippen LogP contribution < -0.4 is 14.8 Å². The molecule has 1 saturated heterocycles. The highest BCUT2D eigenvalue weighted by Gasteiger charge is 2.28. The Bertz CT molecular complexity index is 1100. The largest absolute Gasteiger partial charge is 0.493 e. The van der Waals surface area contributed by atoms with E-state index in [4.69, 9.17) is 25.8 Å². The highest BCUT2D eigenvalue weighted by molar-refractivity contribution is 6.22. The number of aromatic nitrogens is 2. The number of ether oxygens (including phenoxy) is 3. The van der Waals surface area contributed by atoms with Crippen LogP contribution in [0.15, 0.2) is 42.4 Å². The third kappa shape index (κ3) is 5.10. The van der Waals surface area contributed by atoms with Gasteiger partial charge in [-0.3, -0.25) is 4.79 Å². The van der Waals surface area contributed by atoms with Gasteiger partial charge in [0, 0.05) is 44.5 Å². The summed E-state index contributed by atoms with van der Waals surface area (Å²) in [6.45, 7) is 2.94. The number of hydrogen-bond donors (Lipinski definition) is 1. The molecule has 0 saturated carbocycles. The lowest BCUT2D eigenvalue weighted by Gasteiger charge is -2.33. The van der Waals surface area contributed by atoms with Crippen molar-refractivity contribution in [2.45, 2.75) is 43.5 Å². The van der Waals surface area contributed by atoms with E-state index in [-0.39, 0.29) is 12.0 Å². The number of fused-ring (bicyclic) bond motifs is 1. The van der Waals surface area contributed by atoms with Gasteiger partial charge in [0.2, 0.25) is 0 Å². The molecule has 3 unspecified atom stereocenters. The number of alkyl halides is 2. The lowest BCUT2D eigenvalue weighted by Crippen LogP contribution is -2.45. The van der Waals surface area contributed by atoms with Crippen molar-refractivity contribution in [1.82, 2.24) is 14.9 Å². The number of amides is 1. The average molecular weight is 491 g/mol. The van der Waals surface area contributed by atoms with Gasteiger partial charge in [-0.15, -0.1) is 11.6 Å². The zero-order valence-corrected chi connectivity index (χ0v) is 20.1. The Hall–Kier alpha value is -2.91. The number of rotatable bonds is 7. The van der Waals surface area contributed by atoms with E-state index in [1.165, 1.54) is 13.4 Å². The van der Waals surface area contributed by atoms with Crippen molar-refractivity contribution in [3.05, 3.63) is 42.4 Å². The molecule has 0 bridgehead atoms. The molecule has 34 heavy (non-hydrogen) atoms. The fourth-order valence-corrected chi connectivity index (χ4v) is 4.24. The first-order valence-electron chi connectivity index (χ1n) is 11.2. The summed E-state index contributed by atoms with van der Waals surface area (Å²) in [5, 5.41) is 2.96. The minimum absolute atomic E-state index is 0.0134. The first-order valence-corrected chi connectivity index (χ1v) is 11.6. The van der Waals surface area contributed by atoms with Crippen LogP contribution in [0.1, 0.15) is 19.8 Å². The maximum Gasteiger partial charge on any atom is 0.251 e. The molecule has 2 aliphatic rings. The summed E-state index contributed by atoms with van der Waals surface area (Å²) < 4.78 is 31.5. The standard InChI is InChI=1S/C24H28ClFN4O4/c1-14(32-2)24(31)30-9-7-15(8-10-30)34-21-12-19-16(11-20(21)33-3)23(28-13-27-19)29-18-6-4-5-17(25)22(18)26/h4-6,11-15,17,22H,7-10H2,1-3H3,(H,27,28,29). The van der Waals surface area contributed by atoms with Crippen LogP contribution in [0.5, 0.6) is 11.5 Å². The van der Waals surface area contributed by atoms with Gasteiger partial charge in [-0.1, -0.05) is 12.2 Å². The zero-order valence-electron chi connectivity index (χ0n) is 19.3. The van der Waals surface area contributed by atoms with Crippen LogP contribution in [0, 0.1) is 0 Å². The molecule has 2 aromatic rings. The van der Waals surface area contributed by atoms with Crippen LogP contribution in [0.25, 0.3) is 10.9 Å². The number of halogens is 2. The number of nitrogens with zero attached hydrogens (tertiary/aromatic N) is 3. The quantitative estimate of drug-likeness (QED) is 0.590. The van der Waals surface area contributed by atoms with E-state index in [0.717, 1.165) is 0 Å². The highest BCUT2D eigenvalue weighted by Crippen LogP contribution is 2.36. The van der Waals surface area contributed by atoms with E-state index in [0.29, 0.717) is 59.8 Å². The number of hydrogen-bond acceptors (Lipinski definition) is 7. The molecule has 2 heterocycles. The Balaban J connectivity index is 1.51. The first-order chi connectivity index (χ1) is 16.4. The number of anilines is 1. The number of nitrogens with one attached hydrogen (secondary N) is 1. The number of carbonyl (C=O) groups is 1. The zero-order chi connectivity index (χ0) is 24.2. The van der Waals surface area contributed by atoms with Crippen molar-refractivity contribution in [3.8, 4) is 11.5 Å². The Morgan fingerprint density at radius 2 is 2.00 bits per heavy atom. The van der Waals surface area contributed by atoms with Crippen LogP contribution in [-0.4, -0.2) is 71.8 Å². The second-order valence-corrected chi connectivity index (χ2v) is 8.74. The maximum absolute atomic E-state index is 14.5. The fourth-order valence-electron chi connectivity index (χ4n) is 4.02. The van der Waals surface area contributed by atoms with Gasteiger partial charge in [-0.2, -0.15) is 0 Å². The first kappa shape index (κ1) is 24.2. The summed E-state index contributed by atoms with van der Waals surface area (Å²) in [5.74, 6) is 1.50. The molecule has 3 atom stereocenters. The molecule has 1 amide bonds.